The van der Waals surface area contributed by atoms with E-state index in [9.17, 15) is 14.4 Å². The van der Waals surface area contributed by atoms with Crippen LogP contribution in [-0.4, -0.2) is 37.2 Å². The van der Waals surface area contributed by atoms with Crippen molar-refractivity contribution < 1.29 is 28.6 Å². The standard InChI is InChI=1S/C58H106O6/c1-4-7-10-13-16-19-22-25-27-28-29-30-31-34-36-39-42-45-48-51-57(60)63-54-55(53-62-56(59)50-47-44-41-38-35-32-24-21-18-15-12-9-6-3)64-58(61)52-49-46-43-40-37-33-26-23-20-17-14-11-8-5-2/h14,17,23,25-27,55H,4-13,15-16,18-22,24,28-54H2,1-3H3/b17-14-,26-23-,27-25-. The minimum atomic E-state index is -0.776. The molecular formula is C58H106O6. The third-order valence-corrected chi connectivity index (χ3v) is 12.4. The quantitative estimate of drug-likeness (QED) is 0.0262. The van der Waals surface area contributed by atoms with Crippen molar-refractivity contribution in [3.63, 3.8) is 0 Å². The van der Waals surface area contributed by atoms with E-state index in [0.29, 0.717) is 19.3 Å². The number of unbranched alkanes of at least 4 members (excludes halogenated alkanes) is 34. The average Bonchev–Trinajstić information content (AvgIpc) is 3.29. The first-order chi connectivity index (χ1) is 31.5. The fourth-order valence-electron chi connectivity index (χ4n) is 8.10. The van der Waals surface area contributed by atoms with Crippen LogP contribution >= 0.6 is 0 Å². The predicted molar refractivity (Wildman–Crippen MR) is 275 cm³/mol. The van der Waals surface area contributed by atoms with Crippen LogP contribution in [0.3, 0.4) is 0 Å². The fraction of sp³-hybridized carbons (Fsp3) is 0.845. The molecule has 0 amide bonds. The Morgan fingerprint density at radius 1 is 0.312 bits per heavy atom. The van der Waals surface area contributed by atoms with Crippen molar-refractivity contribution in [3.05, 3.63) is 36.5 Å². The SMILES string of the molecule is CCCC/C=C\C/C=C\CCCCCCCC(=O)OC(COC(=O)CCCCCCCCCCC/C=C\CCCCCCCC)COC(=O)CCCCCCCCCCCCCCC. The Labute approximate surface area is 397 Å². The number of hydrogen-bond donors (Lipinski definition) is 0. The molecule has 0 aliphatic heterocycles. The molecule has 0 N–H and O–H groups in total. The number of ether oxygens (including phenoxy) is 3. The van der Waals surface area contributed by atoms with Crippen LogP contribution < -0.4 is 0 Å². The maximum absolute atomic E-state index is 12.8. The van der Waals surface area contributed by atoms with Crippen molar-refractivity contribution in [3.8, 4) is 0 Å². The molecule has 0 radical (unpaired) electrons. The molecule has 0 aromatic rings. The summed E-state index contributed by atoms with van der Waals surface area (Å²) in [5.74, 6) is -0.877. The van der Waals surface area contributed by atoms with Crippen LogP contribution in [0.2, 0.25) is 0 Å². The van der Waals surface area contributed by atoms with Gasteiger partial charge in [0.2, 0.25) is 0 Å². The van der Waals surface area contributed by atoms with E-state index in [4.69, 9.17) is 14.2 Å². The Kier molecular flexibility index (Phi) is 51.3. The molecule has 0 heterocycles. The highest BCUT2D eigenvalue weighted by atomic mass is 16.6. The van der Waals surface area contributed by atoms with E-state index in [0.717, 1.165) is 83.5 Å². The first-order valence-corrected chi connectivity index (χ1v) is 28.0. The lowest BCUT2D eigenvalue weighted by Gasteiger charge is -2.18. The molecule has 0 fully saturated rings. The summed E-state index contributed by atoms with van der Waals surface area (Å²) in [6.45, 7) is 6.61. The van der Waals surface area contributed by atoms with E-state index in [1.807, 2.05) is 0 Å². The van der Waals surface area contributed by atoms with E-state index in [2.05, 4.69) is 57.2 Å². The van der Waals surface area contributed by atoms with Crippen LogP contribution in [0.4, 0.5) is 0 Å². The second kappa shape index (κ2) is 53.2. The van der Waals surface area contributed by atoms with E-state index in [1.165, 1.54) is 173 Å². The first-order valence-electron chi connectivity index (χ1n) is 28.0. The van der Waals surface area contributed by atoms with Crippen LogP contribution in [0.15, 0.2) is 36.5 Å². The molecule has 64 heavy (non-hydrogen) atoms. The molecule has 0 aliphatic rings. The second-order valence-corrected chi connectivity index (χ2v) is 18.8. The monoisotopic (exact) mass is 899 g/mol. The lowest BCUT2D eigenvalue weighted by Crippen LogP contribution is -2.30. The topological polar surface area (TPSA) is 78.9 Å². The highest BCUT2D eigenvalue weighted by Crippen LogP contribution is 2.16. The highest BCUT2D eigenvalue weighted by Gasteiger charge is 2.19. The molecule has 6 heteroatoms. The first kappa shape index (κ1) is 61.6. The summed E-state index contributed by atoms with van der Waals surface area (Å²) in [6.07, 6.45) is 62.7. The summed E-state index contributed by atoms with van der Waals surface area (Å²) in [5, 5.41) is 0. The van der Waals surface area contributed by atoms with Crippen molar-refractivity contribution in [1.82, 2.24) is 0 Å². The van der Waals surface area contributed by atoms with Gasteiger partial charge in [0.25, 0.3) is 0 Å². The Balaban J connectivity index is 4.33. The predicted octanol–water partition coefficient (Wildman–Crippen LogP) is 18.5. The molecule has 0 aliphatic carbocycles. The van der Waals surface area contributed by atoms with E-state index >= 15 is 0 Å². The molecule has 0 spiro atoms. The molecule has 0 saturated carbocycles. The zero-order valence-corrected chi connectivity index (χ0v) is 42.8. The van der Waals surface area contributed by atoms with Crippen molar-refractivity contribution in [2.75, 3.05) is 13.2 Å². The second-order valence-electron chi connectivity index (χ2n) is 18.8. The van der Waals surface area contributed by atoms with Crippen LogP contribution in [0.1, 0.15) is 297 Å². The summed E-state index contributed by atoms with van der Waals surface area (Å²) >= 11 is 0. The third kappa shape index (κ3) is 50.6. The number of allylic oxidation sites excluding steroid dienone is 6. The number of rotatable bonds is 51. The van der Waals surface area contributed by atoms with Gasteiger partial charge in [0.05, 0.1) is 0 Å². The molecule has 0 aromatic heterocycles. The van der Waals surface area contributed by atoms with Crippen LogP contribution in [0.5, 0.6) is 0 Å². The largest absolute Gasteiger partial charge is 0.462 e. The Morgan fingerprint density at radius 2 is 0.578 bits per heavy atom. The van der Waals surface area contributed by atoms with Gasteiger partial charge in [-0.1, -0.05) is 243 Å². The third-order valence-electron chi connectivity index (χ3n) is 12.4. The van der Waals surface area contributed by atoms with Gasteiger partial charge in [0.1, 0.15) is 13.2 Å². The Hall–Kier alpha value is -2.37. The van der Waals surface area contributed by atoms with E-state index in [-0.39, 0.29) is 31.1 Å². The molecule has 0 rings (SSSR count). The Morgan fingerprint density at radius 3 is 0.922 bits per heavy atom. The molecule has 0 saturated heterocycles. The lowest BCUT2D eigenvalue weighted by molar-refractivity contribution is -0.167. The fourth-order valence-corrected chi connectivity index (χ4v) is 8.10. The maximum atomic E-state index is 12.8. The van der Waals surface area contributed by atoms with Crippen molar-refractivity contribution in [2.24, 2.45) is 0 Å². The van der Waals surface area contributed by atoms with Crippen molar-refractivity contribution in [1.29, 1.82) is 0 Å². The number of hydrogen-bond acceptors (Lipinski definition) is 6. The van der Waals surface area contributed by atoms with Gasteiger partial charge in [-0.15, -0.1) is 0 Å². The van der Waals surface area contributed by atoms with E-state index in [1.54, 1.807) is 0 Å². The molecule has 0 bridgehead atoms. The van der Waals surface area contributed by atoms with Gasteiger partial charge in [-0.25, -0.2) is 0 Å². The summed E-state index contributed by atoms with van der Waals surface area (Å²) < 4.78 is 16.8. The molecule has 6 nitrogen and oxygen atoms in total. The zero-order valence-electron chi connectivity index (χ0n) is 42.8. The molecule has 0 aromatic carbocycles. The van der Waals surface area contributed by atoms with Crippen molar-refractivity contribution >= 4 is 17.9 Å². The minimum Gasteiger partial charge on any atom is -0.462 e. The van der Waals surface area contributed by atoms with Gasteiger partial charge in [-0.2, -0.15) is 0 Å². The highest BCUT2D eigenvalue weighted by molar-refractivity contribution is 5.71. The summed E-state index contributed by atoms with van der Waals surface area (Å²) in [4.78, 5) is 38.1. The normalized spacial score (nSPS) is 12.2. The van der Waals surface area contributed by atoms with Crippen LogP contribution in [-0.2, 0) is 28.6 Å². The number of carbonyl (C=O) groups excluding carboxylic acids is 3. The lowest BCUT2D eigenvalue weighted by atomic mass is 10.0. The smallest absolute Gasteiger partial charge is 0.306 e. The van der Waals surface area contributed by atoms with Gasteiger partial charge in [-0.3, -0.25) is 14.4 Å². The Bertz CT molecular complexity index is 1080. The van der Waals surface area contributed by atoms with Gasteiger partial charge in [0, 0.05) is 19.3 Å². The molecule has 1 unspecified atom stereocenters. The maximum Gasteiger partial charge on any atom is 0.306 e. The van der Waals surface area contributed by atoms with Gasteiger partial charge >= 0.3 is 17.9 Å². The molecule has 374 valence electrons. The molecule has 1 atom stereocenters. The summed E-state index contributed by atoms with van der Waals surface area (Å²) in [7, 11) is 0. The van der Waals surface area contributed by atoms with Crippen molar-refractivity contribution in [2.45, 2.75) is 303 Å². The minimum absolute atomic E-state index is 0.0751. The van der Waals surface area contributed by atoms with Gasteiger partial charge in [-0.05, 0) is 70.6 Å². The summed E-state index contributed by atoms with van der Waals surface area (Å²) in [5.41, 5.74) is 0. The van der Waals surface area contributed by atoms with E-state index < -0.39 is 6.10 Å². The number of carbonyl (C=O) groups is 3. The van der Waals surface area contributed by atoms with Gasteiger partial charge < -0.3 is 14.2 Å². The summed E-state index contributed by atoms with van der Waals surface area (Å²) in [6, 6.07) is 0. The average molecular weight is 899 g/mol. The molecular weight excluding hydrogens is 793 g/mol. The van der Waals surface area contributed by atoms with Gasteiger partial charge in [0.15, 0.2) is 6.10 Å². The zero-order chi connectivity index (χ0) is 46.5. The number of esters is 3. The van der Waals surface area contributed by atoms with Crippen LogP contribution in [0.25, 0.3) is 0 Å². The van der Waals surface area contributed by atoms with Crippen LogP contribution in [0, 0.1) is 0 Å².